The second kappa shape index (κ2) is 6.99. The van der Waals surface area contributed by atoms with Crippen LogP contribution in [0.3, 0.4) is 0 Å². The molecule has 2 saturated heterocycles. The van der Waals surface area contributed by atoms with Crippen LogP contribution >= 0.6 is 11.8 Å². The lowest BCUT2D eigenvalue weighted by Crippen LogP contribution is -2.26. The molecule has 1 unspecified atom stereocenters. The zero-order valence-electron chi connectivity index (χ0n) is 14.4. The first kappa shape index (κ1) is 16.9. The minimum atomic E-state index is -0.531. The lowest BCUT2D eigenvalue weighted by Gasteiger charge is -2.20. The van der Waals surface area contributed by atoms with Gasteiger partial charge in [-0.05, 0) is 30.0 Å². The van der Waals surface area contributed by atoms with E-state index >= 15 is 0 Å². The van der Waals surface area contributed by atoms with Crippen LogP contribution in [-0.4, -0.2) is 47.3 Å². The number of imide groups is 1. The Labute approximate surface area is 156 Å². The van der Waals surface area contributed by atoms with E-state index in [0.717, 1.165) is 42.7 Å². The largest absolute Gasteiger partial charge is 0.488 e. The van der Waals surface area contributed by atoms with Gasteiger partial charge >= 0.3 is 0 Å². The second-order valence-corrected chi connectivity index (χ2v) is 7.42. The molecule has 6 nitrogen and oxygen atoms in total. The van der Waals surface area contributed by atoms with Gasteiger partial charge in [0.2, 0.25) is 5.91 Å². The lowest BCUT2D eigenvalue weighted by molar-refractivity contribution is -0.125. The van der Waals surface area contributed by atoms with Crippen molar-refractivity contribution in [1.29, 1.82) is 0 Å². The van der Waals surface area contributed by atoms with Crippen molar-refractivity contribution in [3.63, 3.8) is 0 Å². The molecule has 3 heterocycles. The molecule has 2 amide bonds. The number of nitrogens with zero attached hydrogens (tertiary/aromatic N) is 3. The van der Waals surface area contributed by atoms with Gasteiger partial charge in [0.1, 0.15) is 22.9 Å². The monoisotopic (exact) mass is 369 g/mol. The van der Waals surface area contributed by atoms with Gasteiger partial charge in [-0.25, -0.2) is 4.98 Å². The maximum absolute atomic E-state index is 12.4. The van der Waals surface area contributed by atoms with E-state index in [1.165, 1.54) is 11.9 Å². The van der Waals surface area contributed by atoms with Crippen molar-refractivity contribution in [2.45, 2.75) is 17.8 Å². The van der Waals surface area contributed by atoms with Crippen molar-refractivity contribution in [2.75, 3.05) is 25.0 Å². The molecule has 0 spiro atoms. The Bertz CT molecular complexity index is 830. The first-order chi connectivity index (χ1) is 12.6. The number of ether oxygens (including phenoxy) is 1. The Kier molecular flexibility index (Phi) is 4.55. The number of hydrogen-bond donors (Lipinski definition) is 0. The molecule has 0 bridgehead atoms. The summed E-state index contributed by atoms with van der Waals surface area (Å²) in [6.45, 7) is 1.62. The molecule has 26 heavy (non-hydrogen) atoms. The summed E-state index contributed by atoms with van der Waals surface area (Å²) >= 11 is 1.04. The van der Waals surface area contributed by atoms with Gasteiger partial charge in [-0.1, -0.05) is 24.3 Å². The van der Waals surface area contributed by atoms with Crippen LogP contribution in [0.2, 0.25) is 0 Å². The number of para-hydroxylation sites is 1. The number of carbonyl (C=O) groups excluding carboxylic acids is 2. The highest BCUT2D eigenvalue weighted by molar-refractivity contribution is 8.15. The predicted molar refractivity (Wildman–Crippen MR) is 100 cm³/mol. The first-order valence-electron chi connectivity index (χ1n) is 8.53. The molecule has 0 N–H and O–H groups in total. The van der Waals surface area contributed by atoms with Gasteiger partial charge in [0.05, 0.1) is 6.54 Å². The number of pyridine rings is 1. The van der Waals surface area contributed by atoms with E-state index in [1.54, 1.807) is 6.20 Å². The third kappa shape index (κ3) is 3.14. The molecule has 2 fully saturated rings. The van der Waals surface area contributed by atoms with Crippen molar-refractivity contribution >= 4 is 28.7 Å². The van der Waals surface area contributed by atoms with Gasteiger partial charge < -0.3 is 9.64 Å². The molecule has 2 atom stereocenters. The van der Waals surface area contributed by atoms with Crippen LogP contribution in [0.1, 0.15) is 17.2 Å². The number of likely N-dealkylation sites (N-methyl/N-ethyl adjacent to an activating group) is 1. The predicted octanol–water partition coefficient (Wildman–Crippen LogP) is 3.11. The molecular formula is C19H19N3O3S. The summed E-state index contributed by atoms with van der Waals surface area (Å²) in [5.74, 6) is 1.42. The van der Waals surface area contributed by atoms with Crippen molar-refractivity contribution in [1.82, 2.24) is 9.88 Å². The average molecular weight is 369 g/mol. The molecule has 2 aliphatic heterocycles. The van der Waals surface area contributed by atoms with Crippen LogP contribution in [0.5, 0.6) is 5.75 Å². The number of rotatable bonds is 4. The van der Waals surface area contributed by atoms with Crippen LogP contribution in [-0.2, 0) is 4.79 Å². The quantitative estimate of drug-likeness (QED) is 0.825. The normalized spacial score (nSPS) is 23.0. The number of aromatic nitrogens is 1. The fraction of sp³-hybridized carbons (Fsp3) is 0.316. The van der Waals surface area contributed by atoms with Crippen molar-refractivity contribution in [3.8, 4) is 5.75 Å². The Morgan fingerprint density at radius 1 is 1.15 bits per heavy atom. The SMILES string of the molecule is CN1C(=O)SC(c2ccccc2O[C@@H]2CCN(c3ccccn3)C2)C1=O. The number of carbonyl (C=O) groups is 2. The molecule has 1 aromatic carbocycles. The van der Waals surface area contributed by atoms with Gasteiger partial charge in [0, 0.05) is 31.8 Å². The maximum Gasteiger partial charge on any atom is 0.289 e. The van der Waals surface area contributed by atoms with Gasteiger partial charge in [-0.15, -0.1) is 0 Å². The summed E-state index contributed by atoms with van der Waals surface area (Å²) in [6.07, 6.45) is 2.69. The number of hydrogen-bond acceptors (Lipinski definition) is 6. The molecule has 0 saturated carbocycles. The first-order valence-corrected chi connectivity index (χ1v) is 9.41. The van der Waals surface area contributed by atoms with E-state index in [-0.39, 0.29) is 17.3 Å². The summed E-state index contributed by atoms with van der Waals surface area (Å²) in [6, 6.07) is 13.4. The van der Waals surface area contributed by atoms with E-state index in [2.05, 4.69) is 9.88 Å². The van der Waals surface area contributed by atoms with Gasteiger partial charge in [0.15, 0.2) is 0 Å². The number of thioether (sulfide) groups is 1. The molecule has 1 aromatic heterocycles. The van der Waals surface area contributed by atoms with Gasteiger partial charge in [-0.2, -0.15) is 0 Å². The van der Waals surface area contributed by atoms with E-state index in [0.29, 0.717) is 5.75 Å². The van der Waals surface area contributed by atoms with Crippen molar-refractivity contribution in [2.24, 2.45) is 0 Å². The third-order valence-electron chi connectivity index (χ3n) is 4.66. The fourth-order valence-corrected chi connectivity index (χ4v) is 4.28. The molecule has 2 aliphatic rings. The van der Waals surface area contributed by atoms with E-state index in [1.807, 2.05) is 42.5 Å². The average Bonchev–Trinajstić information content (AvgIpc) is 3.23. The van der Waals surface area contributed by atoms with Crippen molar-refractivity contribution in [3.05, 3.63) is 54.2 Å². The molecule has 0 aliphatic carbocycles. The summed E-state index contributed by atoms with van der Waals surface area (Å²) in [4.78, 5) is 31.9. The third-order valence-corrected chi connectivity index (χ3v) is 5.83. The van der Waals surface area contributed by atoms with Crippen molar-refractivity contribution < 1.29 is 14.3 Å². The molecule has 4 rings (SSSR count). The Balaban J connectivity index is 1.50. The maximum atomic E-state index is 12.4. The summed E-state index contributed by atoms with van der Waals surface area (Å²) in [5.41, 5.74) is 0.761. The summed E-state index contributed by atoms with van der Waals surface area (Å²) in [7, 11) is 1.52. The molecule has 0 radical (unpaired) electrons. The van der Waals surface area contributed by atoms with Crippen LogP contribution in [0.25, 0.3) is 0 Å². The highest BCUT2D eigenvalue weighted by atomic mass is 32.2. The minimum Gasteiger partial charge on any atom is -0.488 e. The Morgan fingerprint density at radius 3 is 2.69 bits per heavy atom. The van der Waals surface area contributed by atoms with E-state index in [4.69, 9.17) is 4.74 Å². The van der Waals surface area contributed by atoms with E-state index < -0.39 is 5.25 Å². The number of benzene rings is 1. The number of amides is 2. The zero-order chi connectivity index (χ0) is 18.1. The smallest absolute Gasteiger partial charge is 0.289 e. The summed E-state index contributed by atoms with van der Waals surface area (Å²) in [5, 5.41) is -0.756. The summed E-state index contributed by atoms with van der Waals surface area (Å²) < 4.78 is 6.22. The Hall–Kier alpha value is -2.54. The molecular weight excluding hydrogens is 350 g/mol. The van der Waals surface area contributed by atoms with Crippen LogP contribution in [0.15, 0.2) is 48.7 Å². The molecule has 134 valence electrons. The highest BCUT2D eigenvalue weighted by Gasteiger charge is 2.40. The minimum absolute atomic E-state index is 0.0214. The number of anilines is 1. The standard InChI is InChI=1S/C19H19N3O3S/c1-21-18(23)17(26-19(21)24)14-6-2-3-7-15(14)25-13-9-11-22(12-13)16-8-4-5-10-20-16/h2-8,10,13,17H,9,11-12H2,1H3/t13-,17?/m1/s1. The zero-order valence-corrected chi connectivity index (χ0v) is 15.2. The second-order valence-electron chi connectivity index (χ2n) is 6.36. The van der Waals surface area contributed by atoms with E-state index in [9.17, 15) is 9.59 Å². The lowest BCUT2D eigenvalue weighted by atomic mass is 10.1. The van der Waals surface area contributed by atoms with Crippen LogP contribution < -0.4 is 9.64 Å². The molecule has 7 heteroatoms. The topological polar surface area (TPSA) is 62.7 Å². The Morgan fingerprint density at radius 2 is 1.96 bits per heavy atom. The van der Waals surface area contributed by atoms with Crippen LogP contribution in [0, 0.1) is 0 Å². The highest BCUT2D eigenvalue weighted by Crippen LogP contribution is 2.42. The fourth-order valence-electron chi connectivity index (χ4n) is 3.25. The van der Waals surface area contributed by atoms with Crippen LogP contribution in [0.4, 0.5) is 10.6 Å². The van der Waals surface area contributed by atoms with Gasteiger partial charge in [0.25, 0.3) is 5.24 Å². The molecule has 2 aromatic rings. The van der Waals surface area contributed by atoms with Gasteiger partial charge in [-0.3, -0.25) is 14.5 Å².